The first kappa shape index (κ1) is 18.1. The summed E-state index contributed by atoms with van der Waals surface area (Å²) >= 11 is 3.45. The van der Waals surface area contributed by atoms with Crippen LogP contribution in [0.3, 0.4) is 0 Å². The molecule has 0 saturated carbocycles. The van der Waals surface area contributed by atoms with Crippen molar-refractivity contribution in [1.29, 1.82) is 0 Å². The van der Waals surface area contributed by atoms with Gasteiger partial charge >= 0.3 is 0 Å². The third kappa shape index (κ3) is 4.70. The number of amides is 1. The van der Waals surface area contributed by atoms with Crippen LogP contribution in [0.15, 0.2) is 77.5 Å². The fourth-order valence-electron chi connectivity index (χ4n) is 2.86. The molecule has 0 aliphatic carbocycles. The maximum absolute atomic E-state index is 12.5. The lowest BCUT2D eigenvalue weighted by molar-refractivity contribution is -0.121. The van der Waals surface area contributed by atoms with Gasteiger partial charge in [0.2, 0.25) is 5.91 Å². The van der Waals surface area contributed by atoms with Crippen LogP contribution in [-0.2, 0) is 11.3 Å². The van der Waals surface area contributed by atoms with E-state index in [4.69, 9.17) is 0 Å². The Morgan fingerprint density at radius 1 is 1.12 bits per heavy atom. The van der Waals surface area contributed by atoms with Crippen LogP contribution in [0.4, 0.5) is 0 Å². The number of hydrogen-bond acceptors (Lipinski definition) is 3. The molecule has 1 amide bonds. The van der Waals surface area contributed by atoms with Crippen molar-refractivity contribution in [3.8, 4) is 5.75 Å². The molecule has 1 atom stereocenters. The van der Waals surface area contributed by atoms with Gasteiger partial charge in [0.25, 0.3) is 0 Å². The van der Waals surface area contributed by atoms with Gasteiger partial charge in [-0.1, -0.05) is 52.3 Å². The van der Waals surface area contributed by atoms with Crippen molar-refractivity contribution in [2.24, 2.45) is 0 Å². The third-order valence-corrected chi connectivity index (χ3v) is 4.66. The summed E-state index contributed by atoms with van der Waals surface area (Å²) in [6.07, 6.45) is 3.68. The summed E-state index contributed by atoms with van der Waals surface area (Å²) in [5.41, 5.74) is 2.65. The van der Waals surface area contributed by atoms with Crippen molar-refractivity contribution in [1.82, 2.24) is 10.3 Å². The Morgan fingerprint density at radius 3 is 2.65 bits per heavy atom. The molecule has 0 fully saturated rings. The second-order valence-electron chi connectivity index (χ2n) is 6.01. The Kier molecular flexibility index (Phi) is 6.02. The lowest BCUT2D eigenvalue weighted by Gasteiger charge is -2.19. The molecular formula is C21H19BrN2O2. The van der Waals surface area contributed by atoms with E-state index in [0.717, 1.165) is 21.2 Å². The number of pyridine rings is 1. The largest absolute Gasteiger partial charge is 0.508 e. The molecule has 1 heterocycles. The number of halogens is 1. The first-order valence-corrected chi connectivity index (χ1v) is 9.12. The molecule has 0 bridgehead atoms. The van der Waals surface area contributed by atoms with Gasteiger partial charge in [-0.25, -0.2) is 0 Å². The number of aromatic nitrogens is 1. The highest BCUT2D eigenvalue weighted by Gasteiger charge is 2.21. The lowest BCUT2D eigenvalue weighted by Crippen LogP contribution is -2.25. The van der Waals surface area contributed by atoms with Gasteiger partial charge in [0.1, 0.15) is 5.75 Å². The van der Waals surface area contributed by atoms with Gasteiger partial charge in [-0.05, 0) is 35.4 Å². The smallest absolute Gasteiger partial charge is 0.221 e. The molecule has 0 aliphatic rings. The maximum Gasteiger partial charge on any atom is 0.221 e. The minimum atomic E-state index is -0.234. The number of hydrogen-bond donors (Lipinski definition) is 2. The van der Waals surface area contributed by atoms with Gasteiger partial charge < -0.3 is 10.4 Å². The van der Waals surface area contributed by atoms with Crippen LogP contribution in [0.25, 0.3) is 0 Å². The number of nitrogens with zero attached hydrogens (tertiary/aromatic N) is 1. The summed E-state index contributed by atoms with van der Waals surface area (Å²) in [5, 5.41) is 13.3. The van der Waals surface area contributed by atoms with E-state index in [-0.39, 0.29) is 24.0 Å². The molecule has 0 unspecified atom stereocenters. The molecule has 26 heavy (non-hydrogen) atoms. The van der Waals surface area contributed by atoms with E-state index < -0.39 is 0 Å². The fourth-order valence-corrected chi connectivity index (χ4v) is 3.24. The Morgan fingerprint density at radius 2 is 1.92 bits per heavy atom. The minimum Gasteiger partial charge on any atom is -0.508 e. The summed E-state index contributed by atoms with van der Waals surface area (Å²) in [5.74, 6) is -0.133. The second kappa shape index (κ2) is 8.63. The van der Waals surface area contributed by atoms with Crippen LogP contribution in [0.1, 0.15) is 29.0 Å². The molecule has 4 nitrogen and oxygen atoms in total. The van der Waals surface area contributed by atoms with Crippen molar-refractivity contribution in [3.63, 3.8) is 0 Å². The van der Waals surface area contributed by atoms with Crippen molar-refractivity contribution in [3.05, 3.63) is 94.2 Å². The van der Waals surface area contributed by atoms with Crippen LogP contribution in [0, 0.1) is 0 Å². The number of phenolic OH excluding ortho intramolecular Hbond substituents is 1. The van der Waals surface area contributed by atoms with Gasteiger partial charge in [0.05, 0.1) is 0 Å². The van der Waals surface area contributed by atoms with Crippen LogP contribution < -0.4 is 5.32 Å². The van der Waals surface area contributed by atoms with Gasteiger partial charge in [-0.3, -0.25) is 9.78 Å². The van der Waals surface area contributed by atoms with E-state index in [2.05, 4.69) is 26.2 Å². The van der Waals surface area contributed by atoms with Crippen molar-refractivity contribution < 1.29 is 9.90 Å². The van der Waals surface area contributed by atoms with Crippen molar-refractivity contribution >= 4 is 21.8 Å². The lowest BCUT2D eigenvalue weighted by atomic mass is 9.87. The van der Waals surface area contributed by atoms with E-state index in [9.17, 15) is 9.90 Å². The predicted molar refractivity (Wildman–Crippen MR) is 105 cm³/mol. The Bertz CT molecular complexity index is 870. The molecule has 0 aliphatic heterocycles. The van der Waals surface area contributed by atoms with E-state index >= 15 is 0 Å². The van der Waals surface area contributed by atoms with Crippen LogP contribution in [-0.4, -0.2) is 16.0 Å². The highest BCUT2D eigenvalue weighted by molar-refractivity contribution is 9.10. The monoisotopic (exact) mass is 410 g/mol. The summed E-state index contributed by atoms with van der Waals surface area (Å²) in [4.78, 5) is 16.6. The van der Waals surface area contributed by atoms with E-state index in [0.29, 0.717) is 6.54 Å². The molecule has 3 aromatic rings. The second-order valence-corrected chi connectivity index (χ2v) is 6.92. The van der Waals surface area contributed by atoms with Crippen LogP contribution >= 0.6 is 15.9 Å². The number of phenols is 1. The predicted octanol–water partition coefficient (Wildman–Crippen LogP) is 4.39. The molecule has 132 valence electrons. The Labute approximate surface area is 161 Å². The molecule has 5 heteroatoms. The highest BCUT2D eigenvalue weighted by atomic mass is 79.9. The van der Waals surface area contributed by atoms with Gasteiger partial charge in [-0.2, -0.15) is 0 Å². The minimum absolute atomic E-state index is 0.0814. The summed E-state index contributed by atoms with van der Waals surface area (Å²) < 4.78 is 0.863. The zero-order chi connectivity index (χ0) is 18.4. The standard InChI is InChI=1S/C21H19BrN2O2/c22-17-8-9-20(25)19(11-17)18(16-6-2-1-3-7-16)12-21(26)24-14-15-5-4-10-23-13-15/h1-11,13,18,25H,12,14H2,(H,24,26)/t18-/m0/s1. The number of carbonyl (C=O) groups is 1. The number of rotatable bonds is 6. The average Bonchev–Trinajstić information content (AvgIpc) is 2.68. The molecule has 2 N–H and O–H groups in total. The Balaban J connectivity index is 1.80. The number of aromatic hydroxyl groups is 1. The number of carbonyl (C=O) groups excluding carboxylic acids is 1. The van der Waals surface area contributed by atoms with Crippen LogP contribution in [0.2, 0.25) is 0 Å². The topological polar surface area (TPSA) is 62.2 Å². The average molecular weight is 411 g/mol. The zero-order valence-corrected chi connectivity index (χ0v) is 15.7. The number of nitrogens with one attached hydrogen (secondary N) is 1. The molecule has 0 spiro atoms. The Hall–Kier alpha value is -2.66. The molecule has 3 rings (SSSR count). The SMILES string of the molecule is O=C(C[C@@H](c1ccccc1)c1cc(Br)ccc1O)NCc1cccnc1. The molecule has 2 aromatic carbocycles. The first-order valence-electron chi connectivity index (χ1n) is 8.32. The summed E-state index contributed by atoms with van der Waals surface area (Å²) in [6, 6.07) is 18.8. The normalized spacial score (nSPS) is 11.7. The quantitative estimate of drug-likeness (QED) is 0.633. The van der Waals surface area contributed by atoms with Gasteiger partial charge in [0.15, 0.2) is 0 Å². The van der Waals surface area contributed by atoms with E-state index in [1.165, 1.54) is 0 Å². The summed E-state index contributed by atoms with van der Waals surface area (Å²) in [6.45, 7) is 0.429. The van der Waals surface area contributed by atoms with Crippen molar-refractivity contribution in [2.75, 3.05) is 0 Å². The highest BCUT2D eigenvalue weighted by Crippen LogP contribution is 2.35. The molecular weight excluding hydrogens is 392 g/mol. The van der Waals surface area contributed by atoms with E-state index in [1.807, 2.05) is 48.5 Å². The molecule has 0 saturated heterocycles. The third-order valence-electron chi connectivity index (χ3n) is 4.17. The fraction of sp³-hybridized carbons (Fsp3) is 0.143. The van der Waals surface area contributed by atoms with Crippen molar-refractivity contribution in [2.45, 2.75) is 18.9 Å². The number of benzene rings is 2. The van der Waals surface area contributed by atoms with Gasteiger partial charge in [0, 0.05) is 41.3 Å². The first-order chi connectivity index (χ1) is 12.6. The summed E-state index contributed by atoms with van der Waals surface area (Å²) in [7, 11) is 0. The molecule has 1 aromatic heterocycles. The maximum atomic E-state index is 12.5. The van der Waals surface area contributed by atoms with Gasteiger partial charge in [-0.15, -0.1) is 0 Å². The molecule has 0 radical (unpaired) electrons. The van der Waals surface area contributed by atoms with E-state index in [1.54, 1.807) is 24.5 Å². The zero-order valence-electron chi connectivity index (χ0n) is 14.1. The van der Waals surface area contributed by atoms with Crippen LogP contribution in [0.5, 0.6) is 5.75 Å².